The molecule has 0 aromatic carbocycles. The lowest BCUT2D eigenvalue weighted by Crippen LogP contribution is -2.39. The zero-order chi connectivity index (χ0) is 15.3. The molecule has 2 fully saturated rings. The lowest BCUT2D eigenvalue weighted by atomic mass is 9.70. The van der Waals surface area contributed by atoms with Crippen LogP contribution in [0.1, 0.15) is 47.0 Å². The van der Waals surface area contributed by atoms with E-state index in [0.717, 1.165) is 18.9 Å². The maximum absolute atomic E-state index is 6.13. The van der Waals surface area contributed by atoms with Gasteiger partial charge in [0, 0.05) is 12.0 Å². The van der Waals surface area contributed by atoms with E-state index in [1.807, 2.05) is 6.92 Å². The standard InChI is InChI=1S/C15H23ClN4O/c1-5-17-12-18-11(16)19-13(20-12)21-10-8-9-6-7-15(10,4)14(9,2)3/h9-10H,5-8H2,1-4H3,(H,17,18,19,20). The number of anilines is 1. The van der Waals surface area contributed by atoms with Crippen molar-refractivity contribution in [2.45, 2.75) is 53.1 Å². The number of hydrogen-bond acceptors (Lipinski definition) is 5. The highest BCUT2D eigenvalue weighted by Crippen LogP contribution is 2.66. The fraction of sp³-hybridized carbons (Fsp3) is 0.800. The van der Waals surface area contributed by atoms with Crippen molar-refractivity contribution in [2.75, 3.05) is 11.9 Å². The number of halogens is 1. The van der Waals surface area contributed by atoms with Gasteiger partial charge in [-0.25, -0.2) is 0 Å². The van der Waals surface area contributed by atoms with Crippen molar-refractivity contribution in [2.24, 2.45) is 16.7 Å². The molecule has 116 valence electrons. The molecule has 3 rings (SSSR count). The van der Waals surface area contributed by atoms with Crippen molar-refractivity contribution in [1.29, 1.82) is 0 Å². The maximum Gasteiger partial charge on any atom is 0.322 e. The number of nitrogens with zero attached hydrogens (tertiary/aromatic N) is 3. The van der Waals surface area contributed by atoms with E-state index >= 15 is 0 Å². The van der Waals surface area contributed by atoms with Gasteiger partial charge in [0.05, 0.1) is 0 Å². The van der Waals surface area contributed by atoms with Gasteiger partial charge < -0.3 is 10.1 Å². The van der Waals surface area contributed by atoms with E-state index in [2.05, 4.69) is 41.0 Å². The third-order valence-corrected chi connectivity index (χ3v) is 6.05. The summed E-state index contributed by atoms with van der Waals surface area (Å²) in [7, 11) is 0. The summed E-state index contributed by atoms with van der Waals surface area (Å²) in [6.07, 6.45) is 3.72. The Labute approximate surface area is 130 Å². The lowest BCUT2D eigenvalue weighted by molar-refractivity contribution is 0.0241. The van der Waals surface area contributed by atoms with Crippen LogP contribution in [0.5, 0.6) is 6.01 Å². The van der Waals surface area contributed by atoms with Gasteiger partial charge in [-0.05, 0) is 49.1 Å². The number of rotatable bonds is 4. The van der Waals surface area contributed by atoms with Crippen LogP contribution in [0.3, 0.4) is 0 Å². The Morgan fingerprint density at radius 3 is 2.62 bits per heavy atom. The normalized spacial score (nSPS) is 33.2. The average molecular weight is 311 g/mol. The summed E-state index contributed by atoms with van der Waals surface area (Å²) in [6, 6.07) is 0.334. The van der Waals surface area contributed by atoms with Crippen LogP contribution in [-0.4, -0.2) is 27.6 Å². The summed E-state index contributed by atoms with van der Waals surface area (Å²) in [6.45, 7) is 9.77. The highest BCUT2D eigenvalue weighted by Gasteiger charge is 2.62. The van der Waals surface area contributed by atoms with E-state index in [0.29, 0.717) is 17.4 Å². The third-order valence-electron chi connectivity index (χ3n) is 5.88. The van der Waals surface area contributed by atoms with Gasteiger partial charge in [0.15, 0.2) is 0 Å². The second-order valence-electron chi connectivity index (χ2n) is 6.96. The zero-order valence-electron chi connectivity index (χ0n) is 13.1. The van der Waals surface area contributed by atoms with Gasteiger partial charge in [-0.2, -0.15) is 15.0 Å². The molecule has 0 amide bonds. The highest BCUT2D eigenvalue weighted by molar-refractivity contribution is 6.28. The van der Waals surface area contributed by atoms with Gasteiger partial charge >= 0.3 is 6.01 Å². The Morgan fingerprint density at radius 2 is 2.05 bits per heavy atom. The molecule has 1 aromatic heterocycles. The average Bonchev–Trinajstić information content (AvgIpc) is 2.71. The molecule has 1 aromatic rings. The van der Waals surface area contributed by atoms with Crippen LogP contribution in [0.25, 0.3) is 0 Å². The first-order chi connectivity index (χ1) is 9.86. The molecule has 0 saturated heterocycles. The molecule has 1 heterocycles. The van der Waals surface area contributed by atoms with E-state index in [1.54, 1.807) is 0 Å². The van der Waals surface area contributed by atoms with Crippen LogP contribution < -0.4 is 10.1 Å². The fourth-order valence-electron chi connectivity index (χ4n) is 4.06. The molecular weight excluding hydrogens is 288 g/mol. The summed E-state index contributed by atoms with van der Waals surface area (Å²) in [5, 5.41) is 3.22. The highest BCUT2D eigenvalue weighted by atomic mass is 35.5. The minimum atomic E-state index is 0.152. The minimum Gasteiger partial charge on any atom is -0.459 e. The Kier molecular flexibility index (Phi) is 3.51. The summed E-state index contributed by atoms with van der Waals surface area (Å²) >= 11 is 5.96. The van der Waals surface area contributed by atoms with Crippen molar-refractivity contribution in [3.63, 3.8) is 0 Å². The van der Waals surface area contributed by atoms with E-state index in [9.17, 15) is 0 Å². The summed E-state index contributed by atoms with van der Waals surface area (Å²) in [5.41, 5.74) is 0.480. The van der Waals surface area contributed by atoms with Crippen molar-refractivity contribution in [3.05, 3.63) is 5.28 Å². The molecule has 3 atom stereocenters. The van der Waals surface area contributed by atoms with Crippen LogP contribution in [0.15, 0.2) is 0 Å². The fourth-order valence-corrected chi connectivity index (χ4v) is 4.21. The van der Waals surface area contributed by atoms with Gasteiger partial charge in [-0.15, -0.1) is 0 Å². The largest absolute Gasteiger partial charge is 0.459 e. The molecule has 6 heteroatoms. The van der Waals surface area contributed by atoms with E-state index in [1.165, 1.54) is 12.8 Å². The molecule has 2 bridgehead atoms. The maximum atomic E-state index is 6.13. The molecule has 3 unspecified atom stereocenters. The van der Waals surface area contributed by atoms with Crippen molar-refractivity contribution in [1.82, 2.24) is 15.0 Å². The third kappa shape index (κ3) is 2.26. The first-order valence-electron chi connectivity index (χ1n) is 7.69. The van der Waals surface area contributed by atoms with Crippen LogP contribution in [-0.2, 0) is 0 Å². The van der Waals surface area contributed by atoms with Gasteiger partial charge in [-0.1, -0.05) is 20.8 Å². The van der Waals surface area contributed by atoms with Crippen molar-refractivity contribution < 1.29 is 4.74 Å². The predicted molar refractivity (Wildman–Crippen MR) is 82.6 cm³/mol. The molecule has 2 saturated carbocycles. The monoisotopic (exact) mass is 310 g/mol. The van der Waals surface area contributed by atoms with Crippen LogP contribution in [0.4, 0.5) is 5.95 Å². The summed E-state index contributed by atoms with van der Waals surface area (Å²) in [4.78, 5) is 12.5. The molecule has 2 aliphatic carbocycles. The first-order valence-corrected chi connectivity index (χ1v) is 8.06. The van der Waals surface area contributed by atoms with E-state index < -0.39 is 0 Å². The van der Waals surface area contributed by atoms with Crippen molar-refractivity contribution in [3.8, 4) is 6.01 Å². The van der Waals surface area contributed by atoms with Gasteiger partial charge in [0.2, 0.25) is 11.2 Å². The summed E-state index contributed by atoms with van der Waals surface area (Å²) in [5.74, 6) is 1.19. The smallest absolute Gasteiger partial charge is 0.322 e. The molecule has 1 N–H and O–H groups in total. The second-order valence-corrected chi connectivity index (χ2v) is 7.30. The van der Waals surface area contributed by atoms with Crippen LogP contribution in [0.2, 0.25) is 5.28 Å². The first kappa shape index (κ1) is 14.8. The van der Waals surface area contributed by atoms with Crippen LogP contribution in [0, 0.1) is 16.7 Å². The lowest BCUT2D eigenvalue weighted by Gasteiger charge is -2.38. The second kappa shape index (κ2) is 4.97. The molecule has 0 spiro atoms. The number of nitrogens with one attached hydrogen (secondary N) is 1. The topological polar surface area (TPSA) is 59.9 Å². The molecule has 2 aliphatic rings. The number of fused-ring (bicyclic) bond motifs is 2. The number of hydrogen-bond donors (Lipinski definition) is 1. The van der Waals surface area contributed by atoms with E-state index in [-0.39, 0.29) is 16.8 Å². The van der Waals surface area contributed by atoms with E-state index in [4.69, 9.17) is 16.3 Å². The molecule has 21 heavy (non-hydrogen) atoms. The van der Waals surface area contributed by atoms with Gasteiger partial charge in [-0.3, -0.25) is 0 Å². The van der Waals surface area contributed by atoms with Crippen molar-refractivity contribution >= 4 is 17.5 Å². The Bertz CT molecular complexity index is 550. The molecular formula is C15H23ClN4O. The molecule has 0 aliphatic heterocycles. The SMILES string of the molecule is CCNc1nc(Cl)nc(OC2CC3CCC2(C)C3(C)C)n1. The zero-order valence-corrected chi connectivity index (χ0v) is 13.9. The number of aromatic nitrogens is 3. The Morgan fingerprint density at radius 1 is 1.29 bits per heavy atom. The minimum absolute atomic E-state index is 0.152. The summed E-state index contributed by atoms with van der Waals surface area (Å²) < 4.78 is 6.13. The number of ether oxygens (including phenoxy) is 1. The predicted octanol–water partition coefficient (Wildman–Crippen LogP) is 3.55. The van der Waals surface area contributed by atoms with Crippen LogP contribution >= 0.6 is 11.6 Å². The Hall–Kier alpha value is -1.10. The Balaban J connectivity index is 1.82. The van der Waals surface area contributed by atoms with Gasteiger partial charge in [0.25, 0.3) is 0 Å². The quantitative estimate of drug-likeness (QED) is 0.921. The molecule has 0 radical (unpaired) electrons. The molecule has 5 nitrogen and oxygen atoms in total. The van der Waals surface area contributed by atoms with Gasteiger partial charge in [0.1, 0.15) is 6.10 Å².